The highest BCUT2D eigenvalue weighted by Gasteiger charge is 2.45. The minimum Gasteiger partial charge on any atom is -0.507 e. The third kappa shape index (κ3) is 5.54. The SMILES string of the molecule is CCOc1ccc([C@@H]2/C(=C(\O)c3ccc(OCC)c(Cl)c3)C(=O)C(=O)N2CCCN(C)C)cc1. The lowest BCUT2D eigenvalue weighted by atomic mass is 9.95. The fourth-order valence-electron chi connectivity index (χ4n) is 4.00. The third-order valence-electron chi connectivity index (χ3n) is 5.56. The van der Waals surface area contributed by atoms with Crippen molar-refractivity contribution in [1.82, 2.24) is 9.80 Å². The minimum absolute atomic E-state index is 0.0410. The Balaban J connectivity index is 2.07. The van der Waals surface area contributed by atoms with E-state index in [2.05, 4.69) is 0 Å². The van der Waals surface area contributed by atoms with E-state index in [-0.39, 0.29) is 11.3 Å². The molecule has 1 saturated heterocycles. The van der Waals surface area contributed by atoms with Gasteiger partial charge in [-0.25, -0.2) is 0 Å². The van der Waals surface area contributed by atoms with Crippen molar-refractivity contribution < 1.29 is 24.2 Å². The summed E-state index contributed by atoms with van der Waals surface area (Å²) in [6.07, 6.45) is 0.683. The Morgan fingerprint density at radius 3 is 2.32 bits per heavy atom. The van der Waals surface area contributed by atoms with Crippen LogP contribution >= 0.6 is 11.6 Å². The largest absolute Gasteiger partial charge is 0.507 e. The summed E-state index contributed by atoms with van der Waals surface area (Å²) >= 11 is 6.31. The van der Waals surface area contributed by atoms with E-state index in [1.54, 1.807) is 24.3 Å². The smallest absolute Gasteiger partial charge is 0.295 e. The van der Waals surface area contributed by atoms with E-state index in [0.717, 1.165) is 6.54 Å². The highest BCUT2D eigenvalue weighted by Crippen LogP contribution is 2.40. The van der Waals surface area contributed by atoms with Crippen molar-refractivity contribution in [1.29, 1.82) is 0 Å². The zero-order valence-corrected chi connectivity index (χ0v) is 20.8. The van der Waals surface area contributed by atoms with E-state index in [1.807, 2.05) is 45.0 Å². The van der Waals surface area contributed by atoms with Gasteiger partial charge in [-0.15, -0.1) is 0 Å². The number of aliphatic hydroxyl groups is 1. The lowest BCUT2D eigenvalue weighted by Crippen LogP contribution is -2.32. The topological polar surface area (TPSA) is 79.3 Å². The molecule has 2 aromatic rings. The van der Waals surface area contributed by atoms with Crippen molar-refractivity contribution >= 4 is 29.1 Å². The Morgan fingerprint density at radius 1 is 1.06 bits per heavy atom. The monoisotopic (exact) mass is 486 g/mol. The highest BCUT2D eigenvalue weighted by molar-refractivity contribution is 6.46. The van der Waals surface area contributed by atoms with Gasteiger partial charge in [0, 0.05) is 12.1 Å². The number of Topliss-reactive ketones (excluding diaryl/α,β-unsaturated/α-hetero) is 1. The maximum absolute atomic E-state index is 13.1. The maximum atomic E-state index is 13.1. The Labute approximate surface area is 205 Å². The summed E-state index contributed by atoms with van der Waals surface area (Å²) in [6, 6.07) is 11.3. The molecule has 0 aromatic heterocycles. The number of halogens is 1. The zero-order chi connectivity index (χ0) is 24.8. The first-order valence-electron chi connectivity index (χ1n) is 11.4. The van der Waals surface area contributed by atoms with Crippen LogP contribution in [0.4, 0.5) is 0 Å². The third-order valence-corrected chi connectivity index (χ3v) is 5.85. The second kappa shape index (κ2) is 11.4. The summed E-state index contributed by atoms with van der Waals surface area (Å²) in [6.45, 7) is 5.85. The van der Waals surface area contributed by atoms with Crippen LogP contribution in [0.1, 0.15) is 37.4 Å². The number of rotatable bonds is 10. The van der Waals surface area contributed by atoms with Gasteiger partial charge in [-0.1, -0.05) is 23.7 Å². The standard InChI is InChI=1S/C26H31ClN2O5/c1-5-33-19-11-8-17(9-12-19)23-22(25(31)26(32)29(23)15-7-14-28(3)4)24(30)18-10-13-21(34-6-2)20(27)16-18/h8-13,16,23,30H,5-7,14-15H2,1-4H3/b24-22+/t23-/m1/s1. The molecule has 1 heterocycles. The van der Waals surface area contributed by atoms with Crippen LogP contribution in [-0.2, 0) is 9.59 Å². The summed E-state index contributed by atoms with van der Waals surface area (Å²) in [5.41, 5.74) is 1.10. The van der Waals surface area contributed by atoms with Crippen molar-refractivity contribution in [2.45, 2.75) is 26.3 Å². The predicted molar refractivity (Wildman–Crippen MR) is 132 cm³/mol. The Morgan fingerprint density at radius 2 is 1.74 bits per heavy atom. The van der Waals surface area contributed by atoms with E-state index in [9.17, 15) is 14.7 Å². The van der Waals surface area contributed by atoms with Crippen LogP contribution in [-0.4, -0.2) is 67.0 Å². The molecule has 3 rings (SSSR count). The fraction of sp³-hybridized carbons (Fsp3) is 0.385. The van der Waals surface area contributed by atoms with Crippen LogP contribution < -0.4 is 9.47 Å². The average molecular weight is 487 g/mol. The first-order chi connectivity index (χ1) is 16.3. The molecule has 1 N–H and O–H groups in total. The second-order valence-corrected chi connectivity index (χ2v) is 8.64. The van der Waals surface area contributed by atoms with Crippen LogP contribution in [0.5, 0.6) is 11.5 Å². The molecule has 182 valence electrons. The molecule has 0 spiro atoms. The van der Waals surface area contributed by atoms with E-state index >= 15 is 0 Å². The van der Waals surface area contributed by atoms with Gasteiger partial charge in [0.05, 0.1) is 29.9 Å². The molecular formula is C26H31ClN2O5. The summed E-state index contributed by atoms with van der Waals surface area (Å²) < 4.78 is 11.0. The van der Waals surface area contributed by atoms with Crippen LogP contribution in [0.15, 0.2) is 48.0 Å². The number of amides is 1. The Kier molecular flexibility index (Phi) is 8.58. The van der Waals surface area contributed by atoms with Gasteiger partial charge < -0.3 is 24.4 Å². The quantitative estimate of drug-likeness (QED) is 0.302. The molecule has 34 heavy (non-hydrogen) atoms. The van der Waals surface area contributed by atoms with Gasteiger partial charge in [-0.05, 0) is 76.8 Å². The van der Waals surface area contributed by atoms with Crippen molar-refractivity contribution in [2.24, 2.45) is 0 Å². The maximum Gasteiger partial charge on any atom is 0.295 e. The molecule has 1 aliphatic rings. The summed E-state index contributed by atoms with van der Waals surface area (Å²) in [5, 5.41) is 11.5. The number of aliphatic hydroxyl groups excluding tert-OH is 1. The van der Waals surface area contributed by atoms with Crippen molar-refractivity contribution in [3.63, 3.8) is 0 Å². The predicted octanol–water partition coefficient (Wildman–Crippen LogP) is 4.51. The summed E-state index contributed by atoms with van der Waals surface area (Å²) in [7, 11) is 3.90. The summed E-state index contributed by atoms with van der Waals surface area (Å²) in [4.78, 5) is 29.7. The number of benzene rings is 2. The first-order valence-corrected chi connectivity index (χ1v) is 11.7. The number of hydrogen-bond acceptors (Lipinski definition) is 6. The molecule has 0 saturated carbocycles. The lowest BCUT2D eigenvalue weighted by molar-refractivity contribution is -0.139. The summed E-state index contributed by atoms with van der Waals surface area (Å²) in [5.74, 6) is -0.443. The lowest BCUT2D eigenvalue weighted by Gasteiger charge is -2.26. The number of ether oxygens (including phenoxy) is 2. The van der Waals surface area contributed by atoms with Crippen LogP contribution in [0.25, 0.3) is 5.76 Å². The molecule has 0 radical (unpaired) electrons. The van der Waals surface area contributed by atoms with E-state index in [0.29, 0.717) is 53.8 Å². The number of hydrogen-bond donors (Lipinski definition) is 1. The second-order valence-electron chi connectivity index (χ2n) is 8.23. The average Bonchev–Trinajstić information content (AvgIpc) is 3.05. The van der Waals surface area contributed by atoms with Crippen LogP contribution in [0.2, 0.25) is 5.02 Å². The molecule has 8 heteroatoms. The molecule has 7 nitrogen and oxygen atoms in total. The molecule has 1 aliphatic heterocycles. The Bertz CT molecular complexity index is 1070. The van der Waals surface area contributed by atoms with Gasteiger partial charge >= 0.3 is 0 Å². The fourth-order valence-corrected chi connectivity index (χ4v) is 4.24. The molecular weight excluding hydrogens is 456 g/mol. The van der Waals surface area contributed by atoms with Gasteiger partial charge in [0.2, 0.25) is 0 Å². The van der Waals surface area contributed by atoms with Gasteiger partial charge in [-0.3, -0.25) is 9.59 Å². The van der Waals surface area contributed by atoms with Gasteiger partial charge in [0.25, 0.3) is 11.7 Å². The number of likely N-dealkylation sites (tertiary alicyclic amines) is 1. The number of ketones is 1. The first kappa shape index (κ1) is 25.6. The Hall–Kier alpha value is -3.03. The molecule has 1 fully saturated rings. The van der Waals surface area contributed by atoms with Crippen molar-refractivity contribution in [3.05, 3.63) is 64.2 Å². The molecule has 0 aliphatic carbocycles. The van der Waals surface area contributed by atoms with Gasteiger partial charge in [-0.2, -0.15) is 0 Å². The number of carbonyl (C=O) groups is 2. The van der Waals surface area contributed by atoms with E-state index < -0.39 is 17.7 Å². The van der Waals surface area contributed by atoms with Crippen LogP contribution in [0.3, 0.4) is 0 Å². The molecule has 2 aromatic carbocycles. The number of nitrogens with zero attached hydrogens (tertiary/aromatic N) is 2. The van der Waals surface area contributed by atoms with Gasteiger partial charge in [0.1, 0.15) is 17.3 Å². The minimum atomic E-state index is -0.719. The van der Waals surface area contributed by atoms with Crippen molar-refractivity contribution in [2.75, 3.05) is 40.4 Å². The molecule has 0 unspecified atom stereocenters. The van der Waals surface area contributed by atoms with Gasteiger partial charge in [0.15, 0.2) is 0 Å². The highest BCUT2D eigenvalue weighted by atomic mass is 35.5. The number of carbonyl (C=O) groups excluding carboxylic acids is 2. The van der Waals surface area contributed by atoms with Crippen molar-refractivity contribution in [3.8, 4) is 11.5 Å². The normalized spacial score (nSPS) is 17.5. The zero-order valence-electron chi connectivity index (χ0n) is 20.0. The molecule has 1 amide bonds. The van der Waals surface area contributed by atoms with E-state index in [4.69, 9.17) is 21.1 Å². The molecule has 0 bridgehead atoms. The van der Waals surface area contributed by atoms with Crippen LogP contribution in [0, 0.1) is 0 Å². The van der Waals surface area contributed by atoms with E-state index in [1.165, 1.54) is 11.0 Å². The molecule has 1 atom stereocenters.